The van der Waals surface area contributed by atoms with Crippen LogP contribution in [0.1, 0.15) is 15.9 Å². The highest BCUT2D eigenvalue weighted by Crippen LogP contribution is 2.26. The molecule has 142 valence electrons. The van der Waals surface area contributed by atoms with E-state index < -0.39 is 10.8 Å². The molecule has 0 aliphatic carbocycles. The van der Waals surface area contributed by atoms with Crippen LogP contribution in [-0.4, -0.2) is 20.8 Å². The Balaban J connectivity index is 1.68. The molecule has 3 aromatic carbocycles. The summed E-state index contributed by atoms with van der Waals surface area (Å²) in [6.45, 7) is 1.85. The molecule has 29 heavy (non-hydrogen) atoms. The zero-order chi connectivity index (χ0) is 20.4. The Kier molecular flexibility index (Phi) is 4.70. The molecule has 0 spiro atoms. The molecule has 4 aromatic rings. The van der Waals surface area contributed by atoms with Crippen molar-refractivity contribution in [3.05, 3.63) is 94.2 Å². The minimum atomic E-state index is -0.567. The normalized spacial score (nSPS) is 10.7. The predicted octanol–water partition coefficient (Wildman–Crippen LogP) is 4.77. The van der Waals surface area contributed by atoms with Crippen LogP contribution < -0.4 is 5.32 Å². The summed E-state index contributed by atoms with van der Waals surface area (Å²) in [6, 6.07) is 19.0. The number of carbonyl (C=O) groups excluding carboxylic acids is 1. The van der Waals surface area contributed by atoms with Crippen LogP contribution in [0.4, 0.5) is 11.4 Å². The minimum Gasteiger partial charge on any atom is -0.322 e. The zero-order valence-electron chi connectivity index (χ0n) is 15.5. The number of aromatic nitrogens is 2. The number of hydrogen-bond donors (Lipinski definition) is 1. The lowest BCUT2D eigenvalue weighted by Crippen LogP contribution is -2.14. The van der Waals surface area contributed by atoms with Crippen LogP contribution in [0.5, 0.6) is 0 Å². The fourth-order valence-corrected chi connectivity index (χ4v) is 3.03. The van der Waals surface area contributed by atoms with Gasteiger partial charge in [0.25, 0.3) is 11.6 Å². The van der Waals surface area contributed by atoms with Gasteiger partial charge in [0.1, 0.15) is 5.56 Å². The molecule has 0 aliphatic heterocycles. The molecule has 0 atom stereocenters. The smallest absolute Gasteiger partial charge is 0.282 e. The Morgan fingerprint density at radius 3 is 2.52 bits per heavy atom. The number of benzene rings is 3. The summed E-state index contributed by atoms with van der Waals surface area (Å²) >= 11 is 0. The summed E-state index contributed by atoms with van der Waals surface area (Å²) in [5, 5.41) is 14.0. The predicted molar refractivity (Wildman–Crippen MR) is 111 cm³/mol. The Morgan fingerprint density at radius 2 is 1.72 bits per heavy atom. The lowest BCUT2D eigenvalue weighted by molar-refractivity contribution is -0.385. The molecule has 1 amide bonds. The molecule has 1 heterocycles. The summed E-state index contributed by atoms with van der Waals surface area (Å²) in [5.41, 5.74) is 4.18. The maximum absolute atomic E-state index is 12.7. The molecule has 0 unspecified atom stereocenters. The summed E-state index contributed by atoms with van der Waals surface area (Å²) in [5.74, 6) is -0.540. The van der Waals surface area contributed by atoms with Gasteiger partial charge in [-0.1, -0.05) is 36.4 Å². The molecule has 0 fully saturated rings. The molecule has 0 radical (unpaired) electrons. The van der Waals surface area contributed by atoms with Gasteiger partial charge < -0.3 is 5.32 Å². The van der Waals surface area contributed by atoms with E-state index in [4.69, 9.17) is 0 Å². The van der Waals surface area contributed by atoms with E-state index in [-0.39, 0.29) is 11.3 Å². The van der Waals surface area contributed by atoms with E-state index in [0.29, 0.717) is 11.4 Å². The molecule has 0 saturated heterocycles. The van der Waals surface area contributed by atoms with Crippen molar-refractivity contribution >= 4 is 28.3 Å². The lowest BCUT2D eigenvalue weighted by atomic mass is 10.1. The third-order valence-electron chi connectivity index (χ3n) is 4.58. The SMILES string of the molecule is Cc1ccc(-c2cnc3ccccc3n2)cc1NC(=O)c1ccccc1[N+](=O)[O-]. The molecule has 7 heteroatoms. The third-order valence-corrected chi connectivity index (χ3v) is 4.58. The maximum atomic E-state index is 12.7. The van der Waals surface area contributed by atoms with Crippen LogP contribution in [-0.2, 0) is 0 Å². The number of carbonyl (C=O) groups is 1. The number of fused-ring (bicyclic) bond motifs is 1. The van der Waals surface area contributed by atoms with E-state index in [1.807, 2.05) is 43.3 Å². The molecule has 0 saturated carbocycles. The van der Waals surface area contributed by atoms with E-state index >= 15 is 0 Å². The van der Waals surface area contributed by atoms with Gasteiger partial charge in [-0.25, -0.2) is 4.98 Å². The van der Waals surface area contributed by atoms with Gasteiger partial charge in [0.15, 0.2) is 0 Å². The fourth-order valence-electron chi connectivity index (χ4n) is 3.03. The van der Waals surface area contributed by atoms with Crippen LogP contribution in [0.2, 0.25) is 0 Å². The number of anilines is 1. The van der Waals surface area contributed by atoms with E-state index in [9.17, 15) is 14.9 Å². The van der Waals surface area contributed by atoms with E-state index in [0.717, 1.165) is 22.2 Å². The van der Waals surface area contributed by atoms with Gasteiger partial charge in [-0.05, 0) is 36.8 Å². The largest absolute Gasteiger partial charge is 0.322 e. The first-order valence-corrected chi connectivity index (χ1v) is 8.90. The standard InChI is InChI=1S/C22H16N4O3/c1-14-10-11-15(20-13-23-17-7-3-4-8-18(17)24-20)12-19(14)25-22(27)16-6-2-5-9-21(16)26(28)29/h2-13H,1H3,(H,25,27). The van der Waals surface area contributed by atoms with Crippen molar-refractivity contribution in [3.8, 4) is 11.3 Å². The van der Waals surface area contributed by atoms with Crippen molar-refractivity contribution < 1.29 is 9.72 Å². The summed E-state index contributed by atoms with van der Waals surface area (Å²) in [4.78, 5) is 32.4. The third kappa shape index (κ3) is 3.66. The highest BCUT2D eigenvalue weighted by Gasteiger charge is 2.20. The number of para-hydroxylation sites is 3. The van der Waals surface area contributed by atoms with Crippen molar-refractivity contribution in [1.82, 2.24) is 9.97 Å². The van der Waals surface area contributed by atoms with Gasteiger partial charge in [0.05, 0.1) is 27.8 Å². The van der Waals surface area contributed by atoms with Crippen LogP contribution in [0.25, 0.3) is 22.3 Å². The number of nitrogens with one attached hydrogen (secondary N) is 1. The quantitative estimate of drug-likeness (QED) is 0.404. The van der Waals surface area contributed by atoms with E-state index in [1.165, 1.54) is 18.2 Å². The highest BCUT2D eigenvalue weighted by molar-refractivity contribution is 6.07. The summed E-state index contributed by atoms with van der Waals surface area (Å²) in [6.07, 6.45) is 1.68. The van der Waals surface area contributed by atoms with Crippen molar-refractivity contribution in [3.63, 3.8) is 0 Å². The Hall–Kier alpha value is -4.13. The van der Waals surface area contributed by atoms with Crippen molar-refractivity contribution in [2.75, 3.05) is 5.32 Å². The molecule has 4 rings (SSSR count). The molecule has 0 aliphatic rings. The number of nitrogens with zero attached hydrogens (tertiary/aromatic N) is 3. The highest BCUT2D eigenvalue weighted by atomic mass is 16.6. The van der Waals surface area contributed by atoms with Crippen LogP contribution >= 0.6 is 0 Å². The zero-order valence-corrected chi connectivity index (χ0v) is 15.5. The average Bonchev–Trinajstić information content (AvgIpc) is 2.75. The molecular formula is C22H16N4O3. The van der Waals surface area contributed by atoms with Gasteiger partial charge in [0, 0.05) is 17.3 Å². The molecule has 1 N–H and O–H groups in total. The van der Waals surface area contributed by atoms with Crippen LogP contribution in [0.3, 0.4) is 0 Å². The van der Waals surface area contributed by atoms with Crippen LogP contribution in [0.15, 0.2) is 72.9 Å². The number of hydrogen-bond acceptors (Lipinski definition) is 5. The first-order chi connectivity index (χ1) is 14.0. The first-order valence-electron chi connectivity index (χ1n) is 8.90. The molecule has 7 nitrogen and oxygen atoms in total. The molecular weight excluding hydrogens is 368 g/mol. The van der Waals surface area contributed by atoms with Gasteiger partial charge in [0.2, 0.25) is 0 Å². The summed E-state index contributed by atoms with van der Waals surface area (Å²) < 4.78 is 0. The van der Waals surface area contributed by atoms with Crippen LogP contribution in [0, 0.1) is 17.0 Å². The van der Waals surface area contributed by atoms with Gasteiger partial charge in [-0.15, -0.1) is 0 Å². The number of amides is 1. The number of nitro benzene ring substituents is 1. The topological polar surface area (TPSA) is 98.0 Å². The van der Waals surface area contributed by atoms with Crippen molar-refractivity contribution in [2.24, 2.45) is 0 Å². The van der Waals surface area contributed by atoms with Gasteiger partial charge >= 0.3 is 0 Å². The van der Waals surface area contributed by atoms with Gasteiger partial charge in [-0.2, -0.15) is 0 Å². The first kappa shape index (κ1) is 18.2. The summed E-state index contributed by atoms with van der Waals surface area (Å²) in [7, 11) is 0. The second-order valence-electron chi connectivity index (χ2n) is 6.50. The average molecular weight is 384 g/mol. The lowest BCUT2D eigenvalue weighted by Gasteiger charge is -2.11. The Bertz CT molecular complexity index is 1250. The Morgan fingerprint density at radius 1 is 1.00 bits per heavy atom. The molecule has 0 bridgehead atoms. The van der Waals surface area contributed by atoms with E-state index in [2.05, 4.69) is 15.3 Å². The maximum Gasteiger partial charge on any atom is 0.282 e. The number of nitro groups is 1. The monoisotopic (exact) mass is 384 g/mol. The fraction of sp³-hybridized carbons (Fsp3) is 0.0455. The van der Waals surface area contributed by atoms with E-state index in [1.54, 1.807) is 18.3 Å². The Labute approximate surface area is 166 Å². The molecule has 1 aromatic heterocycles. The second kappa shape index (κ2) is 7.47. The van der Waals surface area contributed by atoms with Crippen molar-refractivity contribution in [2.45, 2.75) is 6.92 Å². The second-order valence-corrected chi connectivity index (χ2v) is 6.50. The van der Waals surface area contributed by atoms with Crippen molar-refractivity contribution in [1.29, 1.82) is 0 Å². The van der Waals surface area contributed by atoms with Gasteiger partial charge in [-0.3, -0.25) is 19.9 Å². The number of rotatable bonds is 4. The number of aryl methyl sites for hydroxylation is 1. The minimum absolute atomic E-state index is 0.00722.